The van der Waals surface area contributed by atoms with Crippen LogP contribution in [0.5, 0.6) is 0 Å². The minimum atomic E-state index is 1.06. The molecular weight excluding hydrogens is 138 g/mol. The highest BCUT2D eigenvalue weighted by Crippen LogP contribution is 1.84. The van der Waals surface area contributed by atoms with Crippen molar-refractivity contribution in [2.24, 2.45) is 0 Å². The van der Waals surface area contributed by atoms with Gasteiger partial charge in [0.15, 0.2) is 0 Å². The van der Waals surface area contributed by atoms with Gasteiger partial charge in [0.25, 0.3) is 0 Å². The maximum atomic E-state index is 3.14. The number of hydrazine groups is 1. The Bertz CT molecular complexity index is 81.4. The molecule has 0 heterocycles. The van der Waals surface area contributed by atoms with Crippen LogP contribution in [0, 0.1) is 0 Å². The molecule has 0 aliphatic carbocycles. The summed E-state index contributed by atoms with van der Waals surface area (Å²) < 4.78 is 0. The summed E-state index contributed by atoms with van der Waals surface area (Å²) in [6, 6.07) is 0. The third-order valence-corrected chi connectivity index (χ3v) is 1.99. The van der Waals surface area contributed by atoms with Gasteiger partial charge >= 0.3 is 0 Å². The summed E-state index contributed by atoms with van der Waals surface area (Å²) in [5, 5.41) is 2.20. The van der Waals surface area contributed by atoms with Crippen LogP contribution in [0.3, 0.4) is 0 Å². The predicted octanol–water partition coefficient (Wildman–Crippen LogP) is 0.394. The number of likely N-dealkylation sites (N-methyl/N-ethyl adjacent to an activating group) is 2. The largest absolute Gasteiger partial charge is 0.305 e. The van der Waals surface area contributed by atoms with Gasteiger partial charge in [-0.1, -0.05) is 13.8 Å². The highest BCUT2D eigenvalue weighted by atomic mass is 15.5. The minimum Gasteiger partial charge on any atom is -0.305 e. The summed E-state index contributed by atoms with van der Waals surface area (Å²) in [6.07, 6.45) is 0. The molecule has 1 N–H and O–H groups in total. The van der Waals surface area contributed by atoms with E-state index in [2.05, 4.69) is 36.2 Å². The second-order valence-electron chi connectivity index (χ2n) is 2.70. The normalized spacial score (nSPS) is 11.5. The standard InChI is InChI=1S/C8H21N3/c1-5-10(4)7-8-11(6-2)9-3/h9H,5-8H2,1-4H3. The lowest BCUT2D eigenvalue weighted by molar-refractivity contribution is 0.189. The average Bonchev–Trinajstić information content (AvgIpc) is 2.06. The monoisotopic (exact) mass is 159 g/mol. The SMILES string of the molecule is CCN(C)CCN(CC)NC. The molecule has 0 radical (unpaired) electrons. The van der Waals surface area contributed by atoms with Crippen molar-refractivity contribution >= 4 is 0 Å². The Kier molecular flexibility index (Phi) is 6.51. The van der Waals surface area contributed by atoms with E-state index < -0.39 is 0 Å². The Morgan fingerprint density at radius 1 is 1.09 bits per heavy atom. The summed E-state index contributed by atoms with van der Waals surface area (Å²) in [5.41, 5.74) is 3.14. The molecule has 3 heteroatoms. The highest BCUT2D eigenvalue weighted by Gasteiger charge is 1.99. The van der Waals surface area contributed by atoms with Crippen LogP contribution in [0.1, 0.15) is 13.8 Å². The quantitative estimate of drug-likeness (QED) is 0.566. The molecule has 0 aromatic heterocycles. The van der Waals surface area contributed by atoms with E-state index in [4.69, 9.17) is 0 Å². The van der Waals surface area contributed by atoms with Crippen molar-refractivity contribution < 1.29 is 0 Å². The molecule has 0 amide bonds. The molecule has 0 saturated heterocycles. The zero-order valence-electron chi connectivity index (χ0n) is 8.22. The van der Waals surface area contributed by atoms with Crippen LogP contribution in [-0.4, -0.2) is 50.2 Å². The van der Waals surface area contributed by atoms with Gasteiger partial charge in [-0.15, -0.1) is 0 Å². The van der Waals surface area contributed by atoms with Crippen molar-refractivity contribution in [3.8, 4) is 0 Å². The van der Waals surface area contributed by atoms with E-state index in [1.165, 1.54) is 0 Å². The fourth-order valence-corrected chi connectivity index (χ4v) is 0.878. The zero-order valence-corrected chi connectivity index (χ0v) is 8.22. The lowest BCUT2D eigenvalue weighted by atomic mass is 10.5. The molecule has 68 valence electrons. The third kappa shape index (κ3) is 5.18. The number of hydrogen-bond acceptors (Lipinski definition) is 3. The second-order valence-corrected chi connectivity index (χ2v) is 2.70. The lowest BCUT2D eigenvalue weighted by Crippen LogP contribution is -2.40. The molecule has 0 aromatic rings. The van der Waals surface area contributed by atoms with Crippen LogP contribution in [0.2, 0.25) is 0 Å². The maximum absolute atomic E-state index is 3.14. The summed E-state index contributed by atoms with van der Waals surface area (Å²) >= 11 is 0. The topological polar surface area (TPSA) is 18.5 Å². The molecule has 11 heavy (non-hydrogen) atoms. The number of rotatable bonds is 6. The van der Waals surface area contributed by atoms with Gasteiger partial charge in [-0.25, -0.2) is 5.01 Å². The first-order valence-corrected chi connectivity index (χ1v) is 4.35. The Labute approximate surface area is 70.3 Å². The molecule has 0 spiro atoms. The van der Waals surface area contributed by atoms with Gasteiger partial charge in [-0.3, -0.25) is 5.43 Å². The van der Waals surface area contributed by atoms with Crippen LogP contribution in [0.4, 0.5) is 0 Å². The van der Waals surface area contributed by atoms with E-state index in [1.54, 1.807) is 0 Å². The predicted molar refractivity (Wildman–Crippen MR) is 49.5 cm³/mol. The first-order chi connectivity index (χ1) is 5.24. The van der Waals surface area contributed by atoms with Gasteiger partial charge in [0.2, 0.25) is 0 Å². The van der Waals surface area contributed by atoms with E-state index in [1.807, 2.05) is 7.05 Å². The smallest absolute Gasteiger partial charge is 0.0258 e. The van der Waals surface area contributed by atoms with Crippen LogP contribution in [0.25, 0.3) is 0 Å². The van der Waals surface area contributed by atoms with Crippen molar-refractivity contribution in [3.63, 3.8) is 0 Å². The number of hydrogen-bond donors (Lipinski definition) is 1. The number of nitrogens with one attached hydrogen (secondary N) is 1. The highest BCUT2D eigenvalue weighted by molar-refractivity contribution is 4.52. The molecule has 0 rings (SSSR count). The van der Waals surface area contributed by atoms with E-state index in [9.17, 15) is 0 Å². The van der Waals surface area contributed by atoms with Crippen molar-refractivity contribution in [1.29, 1.82) is 0 Å². The Morgan fingerprint density at radius 2 is 1.73 bits per heavy atom. The molecule has 0 fully saturated rings. The fourth-order valence-electron chi connectivity index (χ4n) is 0.878. The van der Waals surface area contributed by atoms with E-state index in [0.29, 0.717) is 0 Å². The average molecular weight is 159 g/mol. The minimum absolute atomic E-state index is 1.06. The summed E-state index contributed by atoms with van der Waals surface area (Å²) in [7, 11) is 4.11. The first-order valence-electron chi connectivity index (χ1n) is 4.35. The molecule has 0 aromatic carbocycles. The summed E-state index contributed by atoms with van der Waals surface area (Å²) in [4.78, 5) is 2.31. The zero-order chi connectivity index (χ0) is 8.69. The van der Waals surface area contributed by atoms with Gasteiger partial charge in [-0.2, -0.15) is 0 Å². The molecule has 0 aliphatic heterocycles. The second kappa shape index (κ2) is 6.58. The Hall–Kier alpha value is -0.120. The van der Waals surface area contributed by atoms with E-state index in [-0.39, 0.29) is 0 Å². The van der Waals surface area contributed by atoms with Crippen molar-refractivity contribution in [1.82, 2.24) is 15.3 Å². The molecule has 0 bridgehead atoms. The van der Waals surface area contributed by atoms with Crippen LogP contribution in [0.15, 0.2) is 0 Å². The molecule has 0 atom stereocenters. The van der Waals surface area contributed by atoms with E-state index >= 15 is 0 Å². The summed E-state index contributed by atoms with van der Waals surface area (Å²) in [6.45, 7) is 8.75. The van der Waals surface area contributed by atoms with Crippen molar-refractivity contribution in [2.75, 3.05) is 40.3 Å². The molecule has 0 unspecified atom stereocenters. The van der Waals surface area contributed by atoms with E-state index in [0.717, 1.165) is 26.2 Å². The van der Waals surface area contributed by atoms with Crippen molar-refractivity contribution in [3.05, 3.63) is 0 Å². The van der Waals surface area contributed by atoms with Gasteiger partial charge in [0.1, 0.15) is 0 Å². The third-order valence-electron chi connectivity index (χ3n) is 1.99. The van der Waals surface area contributed by atoms with Gasteiger partial charge in [0, 0.05) is 19.6 Å². The molecule has 0 aliphatic rings. The van der Waals surface area contributed by atoms with Gasteiger partial charge in [0.05, 0.1) is 0 Å². The van der Waals surface area contributed by atoms with Crippen molar-refractivity contribution in [2.45, 2.75) is 13.8 Å². The van der Waals surface area contributed by atoms with Crippen LogP contribution in [-0.2, 0) is 0 Å². The summed E-state index contributed by atoms with van der Waals surface area (Å²) in [5.74, 6) is 0. The maximum Gasteiger partial charge on any atom is 0.0258 e. The van der Waals surface area contributed by atoms with Gasteiger partial charge in [-0.05, 0) is 20.6 Å². The molecular formula is C8H21N3. The molecule has 3 nitrogen and oxygen atoms in total. The molecule has 0 saturated carbocycles. The van der Waals surface area contributed by atoms with Crippen LogP contribution >= 0.6 is 0 Å². The first kappa shape index (κ1) is 10.9. The van der Waals surface area contributed by atoms with Gasteiger partial charge < -0.3 is 4.90 Å². The Morgan fingerprint density at radius 3 is 2.09 bits per heavy atom. The Balaban J connectivity index is 3.34. The number of nitrogens with zero attached hydrogens (tertiary/aromatic N) is 2. The van der Waals surface area contributed by atoms with Crippen LogP contribution < -0.4 is 5.43 Å². The lowest BCUT2D eigenvalue weighted by Gasteiger charge is -2.22. The fraction of sp³-hybridized carbons (Fsp3) is 1.00.